The molecule has 0 aliphatic carbocycles. The molecule has 0 saturated carbocycles. The SMILES string of the molecule is COc1cc(CCCCC(F)C2CCN(C(C(=O)O)c3cc(F)ccc3OCC3CCOCC3)C2)nc2c1CCCN2. The van der Waals surface area contributed by atoms with Crippen molar-refractivity contribution in [2.75, 3.05) is 51.9 Å². The highest BCUT2D eigenvalue weighted by Gasteiger charge is 2.38. The zero-order valence-corrected chi connectivity index (χ0v) is 24.5. The first-order valence-corrected chi connectivity index (χ1v) is 15.3. The van der Waals surface area contributed by atoms with Gasteiger partial charge < -0.3 is 24.6 Å². The Bertz CT molecular complexity index is 1190. The number of nitrogens with one attached hydrogen (secondary N) is 1. The maximum atomic E-state index is 15.4. The Balaban J connectivity index is 1.15. The number of carboxylic acid groups (broad SMARTS) is 1. The van der Waals surface area contributed by atoms with Gasteiger partial charge in [0, 0.05) is 55.1 Å². The highest BCUT2D eigenvalue weighted by molar-refractivity contribution is 5.77. The number of hydrogen-bond donors (Lipinski definition) is 2. The number of benzene rings is 1. The Labute approximate surface area is 246 Å². The third-order valence-electron chi connectivity index (χ3n) is 8.86. The fourth-order valence-corrected chi connectivity index (χ4v) is 6.47. The summed E-state index contributed by atoms with van der Waals surface area (Å²) in [5.41, 5.74) is 2.35. The van der Waals surface area contributed by atoms with Crippen LogP contribution >= 0.6 is 0 Å². The lowest BCUT2D eigenvalue weighted by molar-refractivity contribution is -0.143. The van der Waals surface area contributed by atoms with Gasteiger partial charge in [-0.1, -0.05) is 6.42 Å². The molecule has 1 aromatic heterocycles. The summed E-state index contributed by atoms with van der Waals surface area (Å²) in [5, 5.41) is 13.5. The Morgan fingerprint density at radius 3 is 2.83 bits per heavy atom. The predicted molar refractivity (Wildman–Crippen MR) is 156 cm³/mol. The number of carbonyl (C=O) groups is 1. The molecule has 3 atom stereocenters. The molecule has 42 heavy (non-hydrogen) atoms. The smallest absolute Gasteiger partial charge is 0.325 e. The summed E-state index contributed by atoms with van der Waals surface area (Å²) in [6, 6.07) is 4.94. The second kappa shape index (κ2) is 14.5. The zero-order chi connectivity index (χ0) is 29.5. The molecule has 230 valence electrons. The number of fused-ring (bicyclic) bond motifs is 1. The molecule has 4 heterocycles. The second-order valence-corrected chi connectivity index (χ2v) is 11.8. The minimum Gasteiger partial charge on any atom is -0.496 e. The Kier molecular flexibility index (Phi) is 10.5. The van der Waals surface area contributed by atoms with Crippen LogP contribution in [0.15, 0.2) is 24.3 Å². The fourth-order valence-electron chi connectivity index (χ4n) is 6.47. The van der Waals surface area contributed by atoms with Crippen LogP contribution in [0.4, 0.5) is 14.6 Å². The molecule has 8 nitrogen and oxygen atoms in total. The van der Waals surface area contributed by atoms with Crippen molar-refractivity contribution in [3.63, 3.8) is 0 Å². The summed E-state index contributed by atoms with van der Waals surface area (Å²) in [4.78, 5) is 19.0. The van der Waals surface area contributed by atoms with Crippen molar-refractivity contribution in [1.82, 2.24) is 9.88 Å². The molecule has 0 amide bonds. The number of rotatable bonds is 13. The molecule has 3 aliphatic heterocycles. The first-order chi connectivity index (χ1) is 20.4. The lowest BCUT2D eigenvalue weighted by Crippen LogP contribution is -2.34. The normalized spacial score (nSPS) is 20.9. The average molecular weight is 588 g/mol. The number of carboxylic acids is 1. The monoisotopic (exact) mass is 587 g/mol. The van der Waals surface area contributed by atoms with Crippen molar-refractivity contribution in [3.05, 3.63) is 46.9 Å². The lowest BCUT2D eigenvalue weighted by atomic mass is 9.97. The number of aliphatic carboxylic acids is 1. The van der Waals surface area contributed by atoms with Crippen molar-refractivity contribution >= 4 is 11.8 Å². The Morgan fingerprint density at radius 2 is 2.05 bits per heavy atom. The summed E-state index contributed by atoms with van der Waals surface area (Å²) < 4.78 is 46.7. The van der Waals surface area contributed by atoms with E-state index >= 15 is 4.39 Å². The first kappa shape index (κ1) is 30.5. The van der Waals surface area contributed by atoms with Gasteiger partial charge in [-0.05, 0) is 82.0 Å². The number of unbranched alkanes of at least 4 members (excludes halogenated alkanes) is 1. The topological polar surface area (TPSA) is 93.2 Å². The van der Waals surface area contributed by atoms with Crippen molar-refractivity contribution in [1.29, 1.82) is 0 Å². The van der Waals surface area contributed by atoms with E-state index in [1.807, 2.05) is 6.07 Å². The predicted octanol–water partition coefficient (Wildman–Crippen LogP) is 5.59. The van der Waals surface area contributed by atoms with E-state index in [0.717, 1.165) is 67.9 Å². The van der Waals surface area contributed by atoms with Crippen LogP contribution in [0.1, 0.15) is 67.8 Å². The zero-order valence-electron chi connectivity index (χ0n) is 24.5. The molecule has 3 aliphatic rings. The van der Waals surface area contributed by atoms with E-state index in [0.29, 0.717) is 63.8 Å². The van der Waals surface area contributed by atoms with Crippen molar-refractivity contribution in [2.45, 2.75) is 70.0 Å². The largest absolute Gasteiger partial charge is 0.496 e. The van der Waals surface area contributed by atoms with Crippen LogP contribution in [-0.2, 0) is 22.4 Å². The number of likely N-dealkylation sites (tertiary alicyclic amines) is 1. The summed E-state index contributed by atoms with van der Waals surface area (Å²) in [6.07, 6.45) is 5.96. The van der Waals surface area contributed by atoms with Gasteiger partial charge in [0.25, 0.3) is 0 Å². The molecule has 0 bridgehead atoms. The molecule has 2 fully saturated rings. The molecular formula is C32H43F2N3O5. The molecule has 0 radical (unpaired) electrons. The summed E-state index contributed by atoms with van der Waals surface area (Å²) in [6.45, 7) is 3.43. The molecule has 2 saturated heterocycles. The number of hydrogen-bond acceptors (Lipinski definition) is 7. The van der Waals surface area contributed by atoms with Crippen LogP contribution in [0.3, 0.4) is 0 Å². The number of aromatic nitrogens is 1. The summed E-state index contributed by atoms with van der Waals surface area (Å²) in [7, 11) is 1.68. The molecule has 3 unspecified atom stereocenters. The van der Waals surface area contributed by atoms with Crippen molar-refractivity contribution < 1.29 is 32.9 Å². The molecular weight excluding hydrogens is 544 g/mol. The standard InChI is InChI=1S/C32H43F2N3O5/c1-40-29-18-24(36-31-25(29)6-4-13-35-31)5-2-3-7-27(34)22-10-14-37(19-22)30(32(38)39)26-17-23(33)8-9-28(26)42-20-21-11-15-41-16-12-21/h8-9,17-18,21-22,27,30H,2-7,10-16,19-20H2,1H3,(H,35,36)(H,38,39). The van der Waals surface area contributed by atoms with Gasteiger partial charge in [0.2, 0.25) is 0 Å². The van der Waals surface area contributed by atoms with Gasteiger partial charge in [-0.3, -0.25) is 9.69 Å². The Morgan fingerprint density at radius 1 is 1.21 bits per heavy atom. The molecule has 2 N–H and O–H groups in total. The molecule has 10 heteroatoms. The van der Waals surface area contributed by atoms with E-state index in [1.165, 1.54) is 18.2 Å². The molecule has 5 rings (SSSR count). The highest BCUT2D eigenvalue weighted by Crippen LogP contribution is 2.37. The van der Waals surface area contributed by atoms with E-state index in [4.69, 9.17) is 19.2 Å². The second-order valence-electron chi connectivity index (χ2n) is 11.8. The number of methoxy groups -OCH3 is 1. The first-order valence-electron chi connectivity index (χ1n) is 15.3. The van der Waals surface area contributed by atoms with Crippen LogP contribution < -0.4 is 14.8 Å². The van der Waals surface area contributed by atoms with Gasteiger partial charge in [-0.15, -0.1) is 0 Å². The highest BCUT2D eigenvalue weighted by atomic mass is 19.1. The molecule has 1 aromatic carbocycles. The van der Waals surface area contributed by atoms with Gasteiger partial charge in [0.15, 0.2) is 0 Å². The maximum Gasteiger partial charge on any atom is 0.325 e. The molecule has 0 spiro atoms. The quantitative estimate of drug-likeness (QED) is 0.293. The number of anilines is 1. The number of halogens is 2. The third kappa shape index (κ3) is 7.50. The maximum absolute atomic E-state index is 15.4. The summed E-state index contributed by atoms with van der Waals surface area (Å²) in [5.74, 6) is 0.570. The number of alkyl halides is 1. The number of aryl methyl sites for hydroxylation is 1. The van der Waals surface area contributed by atoms with Gasteiger partial charge in [-0.2, -0.15) is 0 Å². The fraction of sp³-hybridized carbons (Fsp3) is 0.625. The van der Waals surface area contributed by atoms with Crippen LogP contribution in [0, 0.1) is 17.7 Å². The van der Waals surface area contributed by atoms with Crippen molar-refractivity contribution in [3.8, 4) is 11.5 Å². The van der Waals surface area contributed by atoms with Crippen molar-refractivity contribution in [2.24, 2.45) is 11.8 Å². The van der Waals surface area contributed by atoms with E-state index < -0.39 is 24.0 Å². The van der Waals surface area contributed by atoms with Crippen LogP contribution in [0.2, 0.25) is 0 Å². The summed E-state index contributed by atoms with van der Waals surface area (Å²) >= 11 is 0. The molecule has 2 aromatic rings. The lowest BCUT2D eigenvalue weighted by Gasteiger charge is -2.28. The van der Waals surface area contributed by atoms with Gasteiger partial charge in [-0.25, -0.2) is 13.8 Å². The van der Waals surface area contributed by atoms with E-state index in [9.17, 15) is 14.3 Å². The van der Waals surface area contributed by atoms with Gasteiger partial charge in [0.1, 0.15) is 35.3 Å². The number of pyridine rings is 1. The minimum absolute atomic E-state index is 0.266. The van der Waals surface area contributed by atoms with Gasteiger partial charge >= 0.3 is 5.97 Å². The Hall–Kier alpha value is -2.98. The van der Waals surface area contributed by atoms with Crippen LogP contribution in [0.25, 0.3) is 0 Å². The van der Waals surface area contributed by atoms with E-state index in [-0.39, 0.29) is 11.5 Å². The number of ether oxygens (including phenoxy) is 3. The van der Waals surface area contributed by atoms with Gasteiger partial charge in [0.05, 0.1) is 13.7 Å². The van der Waals surface area contributed by atoms with Crippen LogP contribution in [-0.4, -0.2) is 73.7 Å². The number of nitrogens with zero attached hydrogens (tertiary/aromatic N) is 2. The third-order valence-corrected chi connectivity index (χ3v) is 8.86. The van der Waals surface area contributed by atoms with E-state index in [1.54, 1.807) is 12.0 Å². The minimum atomic E-state index is -1.10. The van der Waals surface area contributed by atoms with Crippen LogP contribution in [0.5, 0.6) is 11.5 Å². The average Bonchev–Trinajstić information content (AvgIpc) is 3.48. The van der Waals surface area contributed by atoms with E-state index in [2.05, 4.69) is 5.32 Å².